The lowest BCUT2D eigenvalue weighted by Crippen LogP contribution is -2.29. The molecule has 0 unspecified atom stereocenters. The minimum Gasteiger partial charge on any atom is -0.339 e. The van der Waals surface area contributed by atoms with E-state index in [1.165, 1.54) is 155 Å². The van der Waals surface area contributed by atoms with Crippen molar-refractivity contribution in [1.82, 2.24) is 13.7 Å². The first-order chi connectivity index (χ1) is 66.9. The number of anilines is 7. The van der Waals surface area contributed by atoms with Crippen molar-refractivity contribution in [3.05, 3.63) is 409 Å². The molecular weight excluding hydrogens is 1660 g/mol. The molecule has 2 aliphatic heterocycles. The van der Waals surface area contributed by atoms with Gasteiger partial charge < -0.3 is 28.4 Å². The Morgan fingerprint density at radius 2 is 0.474 bits per heavy atom. The molecule has 0 fully saturated rings. The van der Waals surface area contributed by atoms with Gasteiger partial charge in [0.15, 0.2) is 0 Å². The van der Waals surface area contributed by atoms with Gasteiger partial charge in [-0.15, -0.1) is 0 Å². The smallest absolute Gasteiger partial charge is 0.0576 e. The standard InChI is InChI=1S/C22H19N.C19H15N.C18H13N.C16H17N.C15H15N.C15H17N.2C4H10.9C2H6/c1-14(2)23-20-10-6-5-9-18(20)19-12-11-16-13-15-7-3-4-8-17(15)21(16)22(19)23;1-2-10-17(11-3-1)20-18-12-6-4-8-15(18)14-16-9-5-7-13-19(16)20;1-2-8-14(9-3-1)19-17-12-6-4-10-15(17)16-11-5-7-13-18(16)19;1-12(2)17-15-9-5-3-7-13(15)11-14-8-4-6-10-16(14)17;1-11(2)16-14-9-5-3-7-12(14)13-8-4-6-10-15(13)16;1-13(2)16(14-9-5-3-6-10-14)15-11-7-4-8-12-15;2*1-4(2)3;9*1-2/h3-12,14H,13H2,1-2H3;1-13H,14H2;1-13H;3-10,12H,11H2,1-2H3;3-11H,1-2H3;3-13H,1-2H3;2*4H,1-3H3;9*1-2H3. The SMILES string of the molecule is CC.CC.CC.CC.CC.CC.CC.CC.CC.CC(C)C.CC(C)C.CC(C)N(c1ccccc1)c1ccccc1.CC(C)N1c2ccccc2Cc2ccccc21.CC(C)n1c2ccccc2c2ccc3c(c21)-c1ccccc1C3.CC(C)n1c2ccccc2c2ccccc21.c1ccc(-n2c3ccccc3c3ccccc32)cc1.c1ccc(N2c3ccccc3Cc3ccccc32)cc1. The summed E-state index contributed by atoms with van der Waals surface area (Å²) in [6, 6.07) is 135. The highest BCUT2D eigenvalue weighted by Gasteiger charge is 2.28. The van der Waals surface area contributed by atoms with Gasteiger partial charge in [-0.1, -0.05) is 439 Å². The summed E-state index contributed by atoms with van der Waals surface area (Å²) in [4.78, 5) is 7.13. The molecule has 0 bridgehead atoms. The van der Waals surface area contributed by atoms with Crippen LogP contribution in [0.3, 0.4) is 0 Å². The molecule has 6 nitrogen and oxygen atoms in total. The normalized spacial score (nSPS) is 10.8. The number of hydrogen-bond donors (Lipinski definition) is 0. The Kier molecular flexibility index (Phi) is 51.8. The maximum absolute atomic E-state index is 2.52. The van der Waals surface area contributed by atoms with Crippen LogP contribution in [-0.4, -0.2) is 25.8 Å². The molecule has 0 saturated carbocycles. The molecule has 137 heavy (non-hydrogen) atoms. The van der Waals surface area contributed by atoms with Gasteiger partial charge in [0.25, 0.3) is 0 Å². The lowest BCUT2D eigenvalue weighted by molar-refractivity contribution is 0.642. The molecule has 0 atom stereocenters. The first-order valence-corrected chi connectivity index (χ1v) is 51.9. The van der Waals surface area contributed by atoms with E-state index < -0.39 is 0 Å². The van der Waals surface area contributed by atoms with Crippen LogP contribution in [0.15, 0.2) is 376 Å². The van der Waals surface area contributed by atoms with E-state index in [1.807, 2.05) is 137 Å². The molecule has 6 heteroatoms. The maximum atomic E-state index is 2.52. The fourth-order valence-electron chi connectivity index (χ4n) is 17.1. The van der Waals surface area contributed by atoms with Crippen LogP contribution in [0.2, 0.25) is 0 Å². The van der Waals surface area contributed by atoms with Crippen molar-refractivity contribution in [1.29, 1.82) is 0 Å². The first kappa shape index (κ1) is 115. The maximum Gasteiger partial charge on any atom is 0.0576 e. The van der Waals surface area contributed by atoms with Gasteiger partial charge in [-0.25, -0.2) is 0 Å². The van der Waals surface area contributed by atoms with Crippen molar-refractivity contribution in [3.63, 3.8) is 0 Å². The number of hydrogen-bond acceptors (Lipinski definition) is 3. The van der Waals surface area contributed by atoms with Gasteiger partial charge in [0.05, 0.1) is 16.6 Å². The van der Waals surface area contributed by atoms with Crippen molar-refractivity contribution >= 4 is 105 Å². The van der Waals surface area contributed by atoms with Crippen LogP contribution in [0, 0.1) is 11.8 Å². The van der Waals surface area contributed by atoms with Gasteiger partial charge in [0, 0.05) is 137 Å². The number of nitrogens with zero attached hydrogens (tertiary/aromatic N) is 6. The van der Waals surface area contributed by atoms with E-state index in [9.17, 15) is 0 Å². The van der Waals surface area contributed by atoms with Crippen molar-refractivity contribution in [2.45, 2.75) is 265 Å². The molecular formula is C131H170N6. The van der Waals surface area contributed by atoms with Crippen LogP contribution in [0.25, 0.3) is 82.2 Å². The zero-order valence-electron chi connectivity index (χ0n) is 90.1. The minimum absolute atomic E-state index is 0.441. The third-order valence-electron chi connectivity index (χ3n) is 21.7. The third kappa shape index (κ3) is 29.8. The molecule has 3 aliphatic rings. The van der Waals surface area contributed by atoms with Gasteiger partial charge in [0.2, 0.25) is 0 Å². The van der Waals surface area contributed by atoms with Crippen LogP contribution in [0.4, 0.5) is 39.8 Å². The molecule has 0 saturated heterocycles. The average Bonchev–Trinajstić information content (AvgIpc) is 1.56. The Labute approximate surface area is 831 Å². The molecule has 5 heterocycles. The van der Waals surface area contributed by atoms with Crippen molar-refractivity contribution < 1.29 is 0 Å². The number of benzene rings is 15. The fraction of sp³-hybridized carbons (Fsp3) is 0.313. The lowest BCUT2D eigenvalue weighted by Gasteiger charge is -2.36. The zero-order valence-corrected chi connectivity index (χ0v) is 90.1. The van der Waals surface area contributed by atoms with E-state index in [-0.39, 0.29) is 0 Å². The summed E-state index contributed by atoms with van der Waals surface area (Å²) in [6.07, 6.45) is 3.12. The zero-order chi connectivity index (χ0) is 101. The molecule has 724 valence electrons. The summed E-state index contributed by atoms with van der Waals surface area (Å²) >= 11 is 0. The second-order valence-electron chi connectivity index (χ2n) is 33.6. The summed E-state index contributed by atoms with van der Waals surface area (Å²) in [5.41, 5.74) is 29.5. The van der Waals surface area contributed by atoms with E-state index >= 15 is 0 Å². The fourth-order valence-corrected chi connectivity index (χ4v) is 17.1. The van der Waals surface area contributed by atoms with Gasteiger partial charge >= 0.3 is 0 Å². The van der Waals surface area contributed by atoms with Gasteiger partial charge in [-0.05, 0) is 216 Å². The van der Waals surface area contributed by atoms with Gasteiger partial charge in [-0.2, -0.15) is 0 Å². The number of para-hydroxylation sites is 13. The van der Waals surface area contributed by atoms with Gasteiger partial charge in [0.1, 0.15) is 0 Å². The van der Waals surface area contributed by atoms with Crippen LogP contribution < -0.4 is 14.7 Å². The summed E-state index contributed by atoms with van der Waals surface area (Å²) in [7, 11) is 0. The Bertz CT molecular complexity index is 6090. The van der Waals surface area contributed by atoms with Crippen molar-refractivity contribution in [3.8, 4) is 16.8 Å². The van der Waals surface area contributed by atoms with E-state index in [0.29, 0.717) is 24.2 Å². The molecule has 0 N–H and O–H groups in total. The van der Waals surface area contributed by atoms with Crippen LogP contribution >= 0.6 is 0 Å². The Hall–Kier alpha value is -12.9. The molecule has 18 aromatic rings. The van der Waals surface area contributed by atoms with Gasteiger partial charge in [-0.3, -0.25) is 0 Å². The van der Waals surface area contributed by atoms with Crippen LogP contribution in [-0.2, 0) is 19.3 Å². The largest absolute Gasteiger partial charge is 0.339 e. The first-order valence-electron chi connectivity index (χ1n) is 51.9. The highest BCUT2D eigenvalue weighted by molar-refractivity contribution is 6.15. The Morgan fingerprint density at radius 1 is 0.212 bits per heavy atom. The monoisotopic (exact) mass is 1830 g/mol. The lowest BCUT2D eigenvalue weighted by atomic mass is 9.94. The van der Waals surface area contributed by atoms with E-state index in [1.54, 1.807) is 0 Å². The van der Waals surface area contributed by atoms with E-state index in [2.05, 4.69) is 489 Å². The summed E-state index contributed by atoms with van der Waals surface area (Å²) in [5.74, 6) is 1.67. The summed E-state index contributed by atoms with van der Waals surface area (Å²) in [6.45, 7) is 67.0. The highest BCUT2D eigenvalue weighted by Crippen LogP contribution is 2.47. The predicted octanol–water partition coefficient (Wildman–Crippen LogP) is 41.1. The summed E-state index contributed by atoms with van der Waals surface area (Å²) in [5, 5.41) is 8.07. The molecule has 0 radical (unpaired) electrons. The molecule has 15 aromatic carbocycles. The average molecular weight is 1830 g/mol. The van der Waals surface area contributed by atoms with Crippen LogP contribution in [0.1, 0.15) is 267 Å². The van der Waals surface area contributed by atoms with E-state index in [4.69, 9.17) is 0 Å². The highest BCUT2D eigenvalue weighted by atomic mass is 15.2. The quantitative estimate of drug-likeness (QED) is 0.152. The third-order valence-corrected chi connectivity index (χ3v) is 21.7. The molecule has 3 aromatic heterocycles. The second-order valence-corrected chi connectivity index (χ2v) is 33.6. The molecule has 1 aliphatic carbocycles. The van der Waals surface area contributed by atoms with Crippen LogP contribution in [0.5, 0.6) is 0 Å². The minimum atomic E-state index is 0.441. The molecule has 21 rings (SSSR count). The number of aromatic nitrogens is 3. The Balaban J connectivity index is 0.000000277. The predicted molar refractivity (Wildman–Crippen MR) is 619 cm³/mol. The molecule has 0 amide bonds. The molecule has 0 spiro atoms. The number of rotatable bonds is 8. The topological polar surface area (TPSA) is 24.5 Å². The van der Waals surface area contributed by atoms with Crippen molar-refractivity contribution in [2.75, 3.05) is 14.7 Å². The Morgan fingerprint density at radius 3 is 0.825 bits per heavy atom. The van der Waals surface area contributed by atoms with Crippen molar-refractivity contribution in [2.24, 2.45) is 11.8 Å². The number of fused-ring (bicyclic) bond motifs is 17. The van der Waals surface area contributed by atoms with E-state index in [0.717, 1.165) is 31.1 Å². The second kappa shape index (κ2) is 62.0. The summed E-state index contributed by atoms with van der Waals surface area (Å²) < 4.78 is 7.25.